The molecule has 0 aliphatic rings. The van der Waals surface area contributed by atoms with Crippen LogP contribution in [-0.2, 0) is 6.42 Å². The Labute approximate surface area is 108 Å². The van der Waals surface area contributed by atoms with E-state index in [-0.39, 0.29) is 17.6 Å². The summed E-state index contributed by atoms with van der Waals surface area (Å²) in [5.74, 6) is 0.288. The Morgan fingerprint density at radius 2 is 2.24 bits per heavy atom. The minimum atomic E-state index is -0.386. The maximum absolute atomic E-state index is 13.5. The van der Waals surface area contributed by atoms with Crippen molar-refractivity contribution >= 4 is 23.2 Å². The zero-order chi connectivity index (χ0) is 12.4. The van der Waals surface area contributed by atoms with Crippen LogP contribution in [0.3, 0.4) is 0 Å². The molecule has 0 bridgehead atoms. The average Bonchev–Trinajstić information content (AvgIpc) is 2.72. The van der Waals surface area contributed by atoms with Gasteiger partial charge in [0, 0.05) is 17.0 Å². The number of alkyl halides is 1. The van der Waals surface area contributed by atoms with E-state index in [4.69, 9.17) is 27.7 Å². The first kappa shape index (κ1) is 12.3. The summed E-state index contributed by atoms with van der Waals surface area (Å²) in [7, 11) is 0. The van der Waals surface area contributed by atoms with Crippen LogP contribution < -0.4 is 0 Å². The van der Waals surface area contributed by atoms with E-state index >= 15 is 0 Å². The number of aromatic nitrogens is 2. The molecule has 2 rings (SSSR count). The van der Waals surface area contributed by atoms with Crippen molar-refractivity contribution in [1.29, 1.82) is 0 Å². The van der Waals surface area contributed by atoms with Crippen molar-refractivity contribution in [3.05, 3.63) is 46.3 Å². The van der Waals surface area contributed by atoms with Gasteiger partial charge in [-0.3, -0.25) is 0 Å². The Morgan fingerprint density at radius 3 is 2.82 bits per heavy atom. The molecule has 6 heteroatoms. The van der Waals surface area contributed by atoms with Crippen molar-refractivity contribution in [2.75, 3.05) is 0 Å². The number of rotatable bonds is 3. The smallest absolute Gasteiger partial charge is 0.244 e. The second-order valence-corrected chi connectivity index (χ2v) is 4.60. The molecule has 0 saturated heterocycles. The highest BCUT2D eigenvalue weighted by atomic mass is 35.5. The van der Waals surface area contributed by atoms with Crippen molar-refractivity contribution in [3.63, 3.8) is 0 Å². The lowest BCUT2D eigenvalue weighted by molar-refractivity contribution is 0.374. The van der Waals surface area contributed by atoms with Gasteiger partial charge in [0.05, 0.1) is 0 Å². The van der Waals surface area contributed by atoms with Crippen molar-refractivity contribution in [3.8, 4) is 0 Å². The van der Waals surface area contributed by atoms with E-state index in [1.807, 2.05) is 0 Å². The topological polar surface area (TPSA) is 38.9 Å². The van der Waals surface area contributed by atoms with Crippen molar-refractivity contribution < 1.29 is 8.91 Å². The molecule has 1 atom stereocenters. The van der Waals surface area contributed by atoms with Gasteiger partial charge >= 0.3 is 0 Å². The molecule has 1 aromatic heterocycles. The lowest BCUT2D eigenvalue weighted by Gasteiger charge is -2.01. The molecule has 0 N–H and O–H groups in total. The lowest BCUT2D eigenvalue weighted by Crippen LogP contribution is -1.96. The summed E-state index contributed by atoms with van der Waals surface area (Å²) < 4.78 is 18.4. The molecule has 0 spiro atoms. The number of benzene rings is 1. The van der Waals surface area contributed by atoms with Gasteiger partial charge in [-0.2, -0.15) is 4.98 Å². The number of nitrogens with zero attached hydrogens (tertiary/aromatic N) is 2. The fourth-order valence-electron chi connectivity index (χ4n) is 1.36. The van der Waals surface area contributed by atoms with E-state index < -0.39 is 0 Å². The molecular weight excluding hydrogens is 266 g/mol. The maximum atomic E-state index is 13.5. The van der Waals surface area contributed by atoms with Crippen LogP contribution in [0.1, 0.15) is 29.6 Å². The Hall–Kier alpha value is -1.13. The number of halogens is 3. The van der Waals surface area contributed by atoms with Crippen molar-refractivity contribution in [1.82, 2.24) is 10.1 Å². The van der Waals surface area contributed by atoms with Gasteiger partial charge in [0.25, 0.3) is 0 Å². The van der Waals surface area contributed by atoms with E-state index in [1.165, 1.54) is 6.07 Å². The highest BCUT2D eigenvalue weighted by Crippen LogP contribution is 2.22. The van der Waals surface area contributed by atoms with Crippen LogP contribution in [0.4, 0.5) is 4.39 Å². The highest BCUT2D eigenvalue weighted by molar-refractivity contribution is 6.31. The van der Waals surface area contributed by atoms with E-state index in [0.717, 1.165) is 0 Å². The molecule has 0 aliphatic carbocycles. The second kappa shape index (κ2) is 5.02. The summed E-state index contributed by atoms with van der Waals surface area (Å²) in [4.78, 5) is 4.05. The Bertz CT molecular complexity index is 508. The number of hydrogen-bond donors (Lipinski definition) is 0. The van der Waals surface area contributed by atoms with E-state index in [2.05, 4.69) is 10.1 Å². The first-order chi connectivity index (χ1) is 8.08. The number of hydrogen-bond acceptors (Lipinski definition) is 3. The summed E-state index contributed by atoms with van der Waals surface area (Å²) in [5.41, 5.74) is 0.351. The lowest BCUT2D eigenvalue weighted by atomic mass is 10.1. The van der Waals surface area contributed by atoms with Gasteiger partial charge in [-0.25, -0.2) is 4.39 Å². The summed E-state index contributed by atoms with van der Waals surface area (Å²) in [6, 6.07) is 4.50. The van der Waals surface area contributed by atoms with Crippen LogP contribution in [-0.4, -0.2) is 10.1 Å². The summed E-state index contributed by atoms with van der Waals surface area (Å²) in [6.45, 7) is 1.72. The fraction of sp³-hybridized carbons (Fsp3) is 0.273. The van der Waals surface area contributed by atoms with Crippen molar-refractivity contribution in [2.45, 2.75) is 18.7 Å². The summed E-state index contributed by atoms with van der Waals surface area (Å²) in [6.07, 6.45) is 0.179. The fourth-order valence-corrected chi connectivity index (χ4v) is 1.68. The Balaban J connectivity index is 2.25. The maximum Gasteiger partial charge on any atom is 0.244 e. The molecule has 0 radical (unpaired) electrons. The zero-order valence-corrected chi connectivity index (χ0v) is 10.5. The normalized spacial score (nSPS) is 12.7. The zero-order valence-electron chi connectivity index (χ0n) is 8.95. The molecule has 1 aromatic carbocycles. The van der Waals surface area contributed by atoms with Crippen LogP contribution >= 0.6 is 23.2 Å². The molecular formula is C11H9Cl2FN2O. The molecule has 90 valence electrons. The first-order valence-electron chi connectivity index (χ1n) is 4.97. The van der Waals surface area contributed by atoms with E-state index in [0.29, 0.717) is 22.3 Å². The van der Waals surface area contributed by atoms with Gasteiger partial charge in [0.1, 0.15) is 11.2 Å². The van der Waals surface area contributed by atoms with Crippen LogP contribution in [0.2, 0.25) is 5.02 Å². The largest absolute Gasteiger partial charge is 0.338 e. The van der Waals surface area contributed by atoms with Crippen LogP contribution in [0.25, 0.3) is 0 Å². The third-order valence-electron chi connectivity index (χ3n) is 2.22. The molecule has 1 unspecified atom stereocenters. The molecule has 2 aromatic rings. The standard InChI is InChI=1S/C11H9Cl2FN2O/c1-6(12)11-15-10(16-17-11)5-7-8(13)3-2-4-9(7)14/h2-4,6H,5H2,1H3. The summed E-state index contributed by atoms with van der Waals surface area (Å²) in [5, 5.41) is 3.69. The molecule has 0 amide bonds. The average molecular weight is 275 g/mol. The monoisotopic (exact) mass is 274 g/mol. The Kier molecular flexibility index (Phi) is 3.64. The van der Waals surface area contributed by atoms with E-state index in [1.54, 1.807) is 19.1 Å². The van der Waals surface area contributed by atoms with Gasteiger partial charge < -0.3 is 4.52 Å². The van der Waals surface area contributed by atoms with Gasteiger partial charge in [-0.15, -0.1) is 11.6 Å². The van der Waals surface area contributed by atoms with Crippen LogP contribution in [0, 0.1) is 5.82 Å². The molecule has 0 fully saturated rings. The van der Waals surface area contributed by atoms with Crippen LogP contribution in [0.15, 0.2) is 22.7 Å². The third kappa shape index (κ3) is 2.76. The second-order valence-electron chi connectivity index (χ2n) is 3.54. The van der Waals surface area contributed by atoms with Crippen LogP contribution in [0.5, 0.6) is 0 Å². The van der Waals surface area contributed by atoms with Gasteiger partial charge in [-0.1, -0.05) is 22.8 Å². The molecule has 17 heavy (non-hydrogen) atoms. The molecule has 1 heterocycles. The minimum absolute atomic E-state index is 0.179. The van der Waals surface area contributed by atoms with Crippen molar-refractivity contribution in [2.24, 2.45) is 0 Å². The SMILES string of the molecule is CC(Cl)c1nc(Cc2c(F)cccc2Cl)no1. The third-order valence-corrected chi connectivity index (χ3v) is 2.76. The predicted molar refractivity (Wildman–Crippen MR) is 62.8 cm³/mol. The minimum Gasteiger partial charge on any atom is -0.338 e. The van der Waals surface area contributed by atoms with Gasteiger partial charge in [0.2, 0.25) is 5.89 Å². The highest BCUT2D eigenvalue weighted by Gasteiger charge is 2.14. The predicted octanol–water partition coefficient (Wildman–Crippen LogP) is 3.75. The molecule has 0 saturated carbocycles. The van der Waals surface area contributed by atoms with E-state index in [9.17, 15) is 4.39 Å². The quantitative estimate of drug-likeness (QED) is 0.801. The molecule has 0 aliphatic heterocycles. The first-order valence-corrected chi connectivity index (χ1v) is 5.79. The summed E-state index contributed by atoms with van der Waals surface area (Å²) >= 11 is 11.7. The molecule has 3 nitrogen and oxygen atoms in total. The van der Waals surface area contributed by atoms with Gasteiger partial charge in [-0.05, 0) is 19.1 Å². The van der Waals surface area contributed by atoms with Gasteiger partial charge in [0.15, 0.2) is 5.82 Å². The Morgan fingerprint density at radius 1 is 1.47 bits per heavy atom.